The highest BCUT2D eigenvalue weighted by molar-refractivity contribution is 7.90. The van der Waals surface area contributed by atoms with Gasteiger partial charge >= 0.3 is 0 Å². The van der Waals surface area contributed by atoms with Crippen molar-refractivity contribution in [1.82, 2.24) is 14.5 Å². The molecule has 1 aliphatic heterocycles. The number of benzene rings is 1. The van der Waals surface area contributed by atoms with Crippen LogP contribution in [0.3, 0.4) is 0 Å². The van der Waals surface area contributed by atoms with Crippen molar-refractivity contribution in [2.45, 2.75) is 76.6 Å². The van der Waals surface area contributed by atoms with Crippen LogP contribution >= 0.6 is 0 Å². The smallest absolute Gasteiger partial charge is 0.228 e. The van der Waals surface area contributed by atoms with Crippen LogP contribution in [0.25, 0.3) is 0 Å². The lowest BCUT2D eigenvalue weighted by Gasteiger charge is -2.26. The topological polar surface area (TPSA) is 81.5 Å². The lowest BCUT2D eigenvalue weighted by atomic mass is 10.1. The van der Waals surface area contributed by atoms with Gasteiger partial charge in [0.1, 0.15) is 0 Å². The van der Waals surface area contributed by atoms with Crippen LogP contribution in [-0.2, 0) is 38.2 Å². The number of imidazole rings is 1. The second-order valence-corrected chi connectivity index (χ2v) is 11.7. The minimum Gasteiger partial charge on any atom is -0.376 e. The highest BCUT2D eigenvalue weighted by Gasteiger charge is 2.36. The molecule has 0 N–H and O–H groups in total. The van der Waals surface area contributed by atoms with Crippen molar-refractivity contribution < 1.29 is 17.9 Å². The molecular formula is C25H35N3O4S. The van der Waals surface area contributed by atoms with Crippen molar-refractivity contribution in [2.75, 3.05) is 13.2 Å². The Balaban J connectivity index is 1.62. The van der Waals surface area contributed by atoms with Gasteiger partial charge in [0.15, 0.2) is 0 Å². The van der Waals surface area contributed by atoms with Gasteiger partial charge in [-0.2, -0.15) is 0 Å². The summed E-state index contributed by atoms with van der Waals surface area (Å²) in [6.45, 7) is 8.21. The number of amides is 1. The van der Waals surface area contributed by atoms with Crippen LogP contribution in [0.1, 0.15) is 56.4 Å². The predicted molar refractivity (Wildman–Crippen MR) is 126 cm³/mol. The molecule has 1 saturated carbocycles. The molecule has 1 atom stereocenters. The van der Waals surface area contributed by atoms with Gasteiger partial charge in [0.2, 0.25) is 20.9 Å². The monoisotopic (exact) mass is 473 g/mol. The van der Waals surface area contributed by atoms with Gasteiger partial charge in [0.25, 0.3) is 0 Å². The standard InChI is InChI=1S/C25H35N3O4S/c1-18(2)14-28-22(15-27(24(29)20-10-11-20)16-23-9-6-12-32-23)13-26-25(28)33(30,31)17-21-8-5-4-7-19(21)3/h4-5,7-8,13,18,20,23H,6,9-12,14-17H2,1-3H3/t23-/m1/s1. The fourth-order valence-corrected chi connectivity index (χ4v) is 6.02. The number of aryl methyl sites for hydroxylation is 1. The number of rotatable bonds is 10. The number of aromatic nitrogens is 2. The van der Waals surface area contributed by atoms with Crippen LogP contribution in [0.5, 0.6) is 0 Å². The van der Waals surface area contributed by atoms with E-state index in [1.807, 2.05) is 36.1 Å². The molecule has 2 heterocycles. The molecule has 1 amide bonds. The fourth-order valence-electron chi connectivity index (χ4n) is 4.42. The zero-order valence-corrected chi connectivity index (χ0v) is 20.7. The number of carbonyl (C=O) groups is 1. The molecule has 1 saturated heterocycles. The number of ether oxygens (including phenoxy) is 1. The minimum atomic E-state index is -3.65. The first-order valence-electron chi connectivity index (χ1n) is 12.0. The van der Waals surface area contributed by atoms with E-state index in [9.17, 15) is 13.2 Å². The van der Waals surface area contributed by atoms with E-state index < -0.39 is 9.84 Å². The van der Waals surface area contributed by atoms with Gasteiger partial charge in [-0.1, -0.05) is 38.1 Å². The molecule has 33 heavy (non-hydrogen) atoms. The van der Waals surface area contributed by atoms with E-state index in [0.717, 1.165) is 49.1 Å². The lowest BCUT2D eigenvalue weighted by molar-refractivity contribution is -0.134. The Hall–Kier alpha value is -2.19. The van der Waals surface area contributed by atoms with Crippen molar-refractivity contribution in [1.29, 1.82) is 0 Å². The number of nitrogens with zero attached hydrogens (tertiary/aromatic N) is 3. The van der Waals surface area contributed by atoms with Crippen molar-refractivity contribution in [3.8, 4) is 0 Å². The van der Waals surface area contributed by atoms with Gasteiger partial charge in [-0.05, 0) is 49.7 Å². The van der Waals surface area contributed by atoms with E-state index >= 15 is 0 Å². The Morgan fingerprint density at radius 3 is 2.64 bits per heavy atom. The highest BCUT2D eigenvalue weighted by atomic mass is 32.2. The summed E-state index contributed by atoms with van der Waals surface area (Å²) < 4.78 is 34.4. The number of hydrogen-bond donors (Lipinski definition) is 0. The maximum Gasteiger partial charge on any atom is 0.228 e. The van der Waals surface area contributed by atoms with Crippen LogP contribution in [0.15, 0.2) is 35.6 Å². The molecule has 0 spiro atoms. The third-order valence-corrected chi connectivity index (χ3v) is 7.95. The largest absolute Gasteiger partial charge is 0.376 e. The third kappa shape index (κ3) is 5.84. The molecule has 0 unspecified atom stereocenters. The van der Waals surface area contributed by atoms with Gasteiger partial charge in [-0.15, -0.1) is 0 Å². The number of hydrogen-bond acceptors (Lipinski definition) is 5. The van der Waals surface area contributed by atoms with E-state index in [1.165, 1.54) is 0 Å². The fraction of sp³-hybridized carbons (Fsp3) is 0.600. The normalized spacial score (nSPS) is 18.7. The second kappa shape index (κ2) is 9.97. The molecule has 0 radical (unpaired) electrons. The molecular weight excluding hydrogens is 438 g/mol. The molecule has 1 aromatic heterocycles. The average molecular weight is 474 g/mol. The number of sulfone groups is 1. The second-order valence-electron chi connectivity index (χ2n) is 9.85. The maximum atomic E-state index is 13.4. The summed E-state index contributed by atoms with van der Waals surface area (Å²) in [5.74, 6) is 0.384. The zero-order valence-electron chi connectivity index (χ0n) is 19.9. The third-order valence-electron chi connectivity index (χ3n) is 6.37. The maximum absolute atomic E-state index is 13.4. The van der Waals surface area contributed by atoms with Gasteiger partial charge in [-0.3, -0.25) is 4.79 Å². The summed E-state index contributed by atoms with van der Waals surface area (Å²) in [6.07, 6.45) is 5.52. The van der Waals surface area contributed by atoms with Gasteiger partial charge < -0.3 is 14.2 Å². The van der Waals surface area contributed by atoms with E-state index in [4.69, 9.17) is 4.74 Å². The van der Waals surface area contributed by atoms with Gasteiger partial charge in [0, 0.05) is 25.6 Å². The summed E-state index contributed by atoms with van der Waals surface area (Å²) >= 11 is 0. The van der Waals surface area contributed by atoms with Crippen molar-refractivity contribution in [3.63, 3.8) is 0 Å². The molecule has 1 aliphatic carbocycles. The highest BCUT2D eigenvalue weighted by Crippen LogP contribution is 2.32. The Morgan fingerprint density at radius 2 is 2.00 bits per heavy atom. The molecule has 180 valence electrons. The first-order chi connectivity index (χ1) is 15.7. The predicted octanol–water partition coefficient (Wildman–Crippen LogP) is 3.74. The minimum absolute atomic E-state index is 0.0541. The molecule has 2 fully saturated rings. The van der Waals surface area contributed by atoms with Crippen LogP contribution in [-0.4, -0.2) is 48.0 Å². The Labute approximate surface area is 197 Å². The van der Waals surface area contributed by atoms with Crippen LogP contribution in [0.4, 0.5) is 0 Å². The Bertz CT molecular complexity index is 1080. The lowest BCUT2D eigenvalue weighted by Crippen LogP contribution is -2.38. The van der Waals surface area contributed by atoms with E-state index in [1.54, 1.807) is 10.8 Å². The zero-order chi connectivity index (χ0) is 23.6. The van der Waals surface area contributed by atoms with E-state index in [-0.39, 0.29) is 34.8 Å². The molecule has 8 heteroatoms. The summed E-state index contributed by atoms with van der Waals surface area (Å²) in [5.41, 5.74) is 2.49. The summed E-state index contributed by atoms with van der Waals surface area (Å²) in [6, 6.07) is 7.53. The Kier molecular flexibility index (Phi) is 7.24. The van der Waals surface area contributed by atoms with Crippen LogP contribution < -0.4 is 0 Å². The Morgan fingerprint density at radius 1 is 1.24 bits per heavy atom. The van der Waals surface area contributed by atoms with Crippen molar-refractivity contribution in [2.24, 2.45) is 11.8 Å². The first kappa shape index (κ1) is 24.0. The molecule has 1 aromatic carbocycles. The van der Waals surface area contributed by atoms with Crippen molar-refractivity contribution >= 4 is 15.7 Å². The summed E-state index contributed by atoms with van der Waals surface area (Å²) in [5, 5.41) is 0.0883. The summed E-state index contributed by atoms with van der Waals surface area (Å²) in [7, 11) is -3.65. The quantitative estimate of drug-likeness (QED) is 0.525. The molecule has 2 aliphatic rings. The molecule has 4 rings (SSSR count). The molecule has 2 aromatic rings. The van der Waals surface area contributed by atoms with Gasteiger partial charge in [0.05, 0.1) is 30.3 Å². The van der Waals surface area contributed by atoms with Gasteiger partial charge in [-0.25, -0.2) is 13.4 Å². The summed E-state index contributed by atoms with van der Waals surface area (Å²) in [4.78, 5) is 19.3. The average Bonchev–Trinajstić information content (AvgIpc) is 3.34. The van der Waals surface area contributed by atoms with Crippen LogP contribution in [0.2, 0.25) is 0 Å². The number of carbonyl (C=O) groups excluding carboxylic acids is 1. The van der Waals surface area contributed by atoms with Crippen molar-refractivity contribution in [3.05, 3.63) is 47.3 Å². The van der Waals surface area contributed by atoms with E-state index in [0.29, 0.717) is 19.6 Å². The SMILES string of the molecule is Cc1ccccc1CS(=O)(=O)c1ncc(CN(C[C@H]2CCCO2)C(=O)C2CC2)n1CC(C)C. The molecule has 0 bridgehead atoms. The van der Waals surface area contributed by atoms with Crippen LogP contribution in [0, 0.1) is 18.8 Å². The first-order valence-corrected chi connectivity index (χ1v) is 13.6. The van der Waals surface area contributed by atoms with E-state index in [2.05, 4.69) is 18.8 Å². The molecule has 7 nitrogen and oxygen atoms in total.